The Hall–Kier alpha value is -5.48. The first-order chi connectivity index (χ1) is 26.2. The third kappa shape index (κ3) is 12.8. The molecule has 16 nitrogen and oxygen atoms in total. The molecule has 0 bridgehead atoms. The van der Waals surface area contributed by atoms with Crippen LogP contribution in [-0.2, 0) is 28.5 Å². The van der Waals surface area contributed by atoms with Crippen molar-refractivity contribution >= 4 is 80.9 Å². The molecule has 0 saturated carbocycles. The SMILES string of the molecule is C.CC(C)(C)OC(=O)N[C@H]1COC(=O)C[C@@H]1NC(=O)c1cc2cc(Cl)ccc2[nH]1.CC(C)(C)OC(=O)N[C@H]1COC(=O)C[C@H]1NC(=O)c1cc2cc(Cl)ccc2[nH]1. The van der Waals surface area contributed by atoms with Gasteiger partial charge in [-0.25, -0.2) is 9.59 Å². The number of H-pyrrole nitrogens is 2. The number of rotatable bonds is 6. The van der Waals surface area contributed by atoms with Crippen molar-refractivity contribution in [2.24, 2.45) is 0 Å². The van der Waals surface area contributed by atoms with Crippen LogP contribution in [-0.4, -0.2) is 94.5 Å². The summed E-state index contributed by atoms with van der Waals surface area (Å²) < 4.78 is 20.5. The lowest BCUT2D eigenvalue weighted by atomic mass is 10.0. The molecule has 57 heavy (non-hydrogen) atoms. The molecule has 2 aromatic carbocycles. The fourth-order valence-electron chi connectivity index (χ4n) is 5.81. The van der Waals surface area contributed by atoms with Crippen LogP contribution in [0.25, 0.3) is 21.8 Å². The molecule has 2 aliphatic rings. The summed E-state index contributed by atoms with van der Waals surface area (Å²) in [5.41, 5.74) is 0.848. The number of fused-ring (bicyclic) bond motifs is 2. The van der Waals surface area contributed by atoms with Gasteiger partial charge < -0.3 is 50.2 Å². The van der Waals surface area contributed by atoms with Gasteiger partial charge >= 0.3 is 24.1 Å². The number of alkyl carbamates (subject to hydrolysis) is 2. The van der Waals surface area contributed by atoms with Crippen molar-refractivity contribution < 1.29 is 47.7 Å². The van der Waals surface area contributed by atoms with Gasteiger partial charge in [0.15, 0.2) is 0 Å². The number of amides is 4. The lowest BCUT2D eigenvalue weighted by molar-refractivity contribution is -0.150. The average molecular weight is 832 g/mol. The summed E-state index contributed by atoms with van der Waals surface area (Å²) in [5, 5.41) is 13.6. The van der Waals surface area contributed by atoms with Crippen molar-refractivity contribution in [3.05, 3.63) is 70.0 Å². The van der Waals surface area contributed by atoms with Gasteiger partial charge in [-0.05, 0) is 90.1 Å². The number of halogens is 2. The van der Waals surface area contributed by atoms with E-state index < -0.39 is 71.3 Å². The second-order valence-electron chi connectivity index (χ2n) is 15.3. The number of hydrogen-bond donors (Lipinski definition) is 6. The number of nitrogens with one attached hydrogen (secondary N) is 6. The Kier molecular flexibility index (Phi) is 14.1. The fourth-order valence-corrected chi connectivity index (χ4v) is 6.17. The van der Waals surface area contributed by atoms with Crippen molar-refractivity contribution in [2.45, 2.75) is 97.2 Å². The van der Waals surface area contributed by atoms with E-state index in [-0.39, 0.29) is 33.5 Å². The summed E-state index contributed by atoms with van der Waals surface area (Å²) in [4.78, 5) is 78.8. The molecule has 0 unspecified atom stereocenters. The quantitative estimate of drug-likeness (QED) is 0.0961. The highest BCUT2D eigenvalue weighted by molar-refractivity contribution is 6.31. The Morgan fingerprint density at radius 3 is 1.33 bits per heavy atom. The topological polar surface area (TPSA) is 219 Å². The standard InChI is InChI=1S/2C19H22ClN3O5.CH4/c2*1-19(2,3)28-18(26)23-15-9-27-16(24)8-13(15)22-17(25)14-7-10-6-11(20)4-5-12(10)21-14;/h2*4-7,13,15,21H,8-9H2,1-3H3,(H,22,25)(H,23,26);1H4/t13-,15+;13-,15-;/m10./s1. The first-order valence-electron chi connectivity index (χ1n) is 17.7. The van der Waals surface area contributed by atoms with E-state index in [2.05, 4.69) is 31.2 Å². The summed E-state index contributed by atoms with van der Waals surface area (Å²) >= 11 is 11.9. The second-order valence-corrected chi connectivity index (χ2v) is 16.1. The van der Waals surface area contributed by atoms with Crippen LogP contribution in [0.4, 0.5) is 9.59 Å². The zero-order valence-corrected chi connectivity index (χ0v) is 33.1. The van der Waals surface area contributed by atoms with E-state index in [1.807, 2.05) is 0 Å². The molecule has 4 heterocycles. The van der Waals surface area contributed by atoms with Crippen molar-refractivity contribution in [1.82, 2.24) is 31.2 Å². The predicted molar refractivity (Wildman–Crippen MR) is 213 cm³/mol. The minimum absolute atomic E-state index is 0. The molecular weight excluding hydrogens is 783 g/mol. The molecule has 0 radical (unpaired) electrons. The highest BCUT2D eigenvalue weighted by atomic mass is 35.5. The zero-order valence-electron chi connectivity index (χ0n) is 31.6. The van der Waals surface area contributed by atoms with Crippen LogP contribution in [0.15, 0.2) is 48.5 Å². The zero-order chi connectivity index (χ0) is 40.9. The van der Waals surface area contributed by atoms with Crippen molar-refractivity contribution in [3.8, 4) is 0 Å². The Morgan fingerprint density at radius 1 is 0.614 bits per heavy atom. The van der Waals surface area contributed by atoms with Crippen LogP contribution in [0, 0.1) is 0 Å². The summed E-state index contributed by atoms with van der Waals surface area (Å²) in [6, 6.07) is 11.4. The Balaban J connectivity index is 0.000000248. The molecule has 6 N–H and O–H groups in total. The van der Waals surface area contributed by atoms with Gasteiger partial charge in [0, 0.05) is 31.9 Å². The van der Waals surface area contributed by atoms with E-state index >= 15 is 0 Å². The minimum atomic E-state index is -0.667. The molecule has 4 amide bonds. The maximum Gasteiger partial charge on any atom is 0.408 e. The molecule has 2 fully saturated rings. The number of aromatic nitrogens is 2. The Labute approximate surface area is 339 Å². The van der Waals surface area contributed by atoms with Gasteiger partial charge in [-0.15, -0.1) is 0 Å². The van der Waals surface area contributed by atoms with Crippen LogP contribution in [0.1, 0.15) is 82.8 Å². The number of cyclic esters (lactones) is 2. The van der Waals surface area contributed by atoms with E-state index in [0.29, 0.717) is 21.4 Å². The first-order valence-corrected chi connectivity index (χ1v) is 18.5. The lowest BCUT2D eigenvalue weighted by Crippen LogP contribution is -2.58. The number of hydrogen-bond acceptors (Lipinski definition) is 10. The van der Waals surface area contributed by atoms with Crippen LogP contribution in [0.5, 0.6) is 0 Å². The molecule has 2 saturated heterocycles. The van der Waals surface area contributed by atoms with E-state index in [9.17, 15) is 28.8 Å². The van der Waals surface area contributed by atoms with Crippen molar-refractivity contribution in [2.75, 3.05) is 13.2 Å². The van der Waals surface area contributed by atoms with Gasteiger partial charge in [0.1, 0.15) is 35.8 Å². The smallest absolute Gasteiger partial charge is 0.408 e. The van der Waals surface area contributed by atoms with Gasteiger partial charge in [-0.1, -0.05) is 30.6 Å². The molecule has 0 aliphatic carbocycles. The lowest BCUT2D eigenvalue weighted by Gasteiger charge is -2.32. The molecule has 4 atom stereocenters. The summed E-state index contributed by atoms with van der Waals surface area (Å²) in [6.07, 6.45) is -1.40. The summed E-state index contributed by atoms with van der Waals surface area (Å²) in [6.45, 7) is 10.4. The normalized spacial score (nSPS) is 19.4. The maximum atomic E-state index is 12.7. The molecule has 2 aromatic heterocycles. The van der Waals surface area contributed by atoms with E-state index in [4.69, 9.17) is 42.1 Å². The van der Waals surface area contributed by atoms with Gasteiger partial charge in [0.2, 0.25) is 0 Å². The largest absolute Gasteiger partial charge is 0.463 e. The summed E-state index contributed by atoms with van der Waals surface area (Å²) in [5.74, 6) is -1.70. The maximum absolute atomic E-state index is 12.7. The molecule has 4 aromatic rings. The van der Waals surface area contributed by atoms with Gasteiger partial charge in [-0.2, -0.15) is 0 Å². The number of carbonyl (C=O) groups is 6. The van der Waals surface area contributed by atoms with Crippen molar-refractivity contribution in [1.29, 1.82) is 0 Å². The van der Waals surface area contributed by atoms with Crippen LogP contribution < -0.4 is 21.3 Å². The molecule has 0 spiro atoms. The third-order valence-corrected chi connectivity index (χ3v) is 8.75. The van der Waals surface area contributed by atoms with E-state index in [0.717, 1.165) is 21.8 Å². The number of ether oxygens (including phenoxy) is 4. The Morgan fingerprint density at radius 2 is 0.982 bits per heavy atom. The van der Waals surface area contributed by atoms with E-state index in [1.165, 1.54) is 0 Å². The first kappa shape index (κ1) is 44.2. The van der Waals surface area contributed by atoms with Crippen LogP contribution in [0.3, 0.4) is 0 Å². The Bertz CT molecular complexity index is 1990. The predicted octanol–water partition coefficient (Wildman–Crippen LogP) is 6.16. The summed E-state index contributed by atoms with van der Waals surface area (Å²) in [7, 11) is 0. The van der Waals surface area contributed by atoms with Gasteiger partial charge in [0.25, 0.3) is 11.8 Å². The van der Waals surface area contributed by atoms with E-state index in [1.54, 1.807) is 90.1 Å². The highest BCUT2D eigenvalue weighted by Gasteiger charge is 2.36. The average Bonchev–Trinajstić information content (AvgIpc) is 3.70. The third-order valence-electron chi connectivity index (χ3n) is 8.28. The van der Waals surface area contributed by atoms with Crippen LogP contribution >= 0.6 is 23.2 Å². The van der Waals surface area contributed by atoms with Crippen molar-refractivity contribution in [3.63, 3.8) is 0 Å². The number of esters is 2. The fraction of sp³-hybridized carbons (Fsp3) is 0.436. The van der Waals surface area contributed by atoms with Gasteiger partial charge in [0.05, 0.1) is 37.0 Å². The van der Waals surface area contributed by atoms with Gasteiger partial charge in [-0.3, -0.25) is 19.2 Å². The molecule has 308 valence electrons. The minimum Gasteiger partial charge on any atom is -0.463 e. The number of benzene rings is 2. The number of carbonyl (C=O) groups excluding carboxylic acids is 6. The second kappa shape index (κ2) is 18.2. The molecule has 18 heteroatoms. The molecular formula is C39H48Cl2N6O10. The van der Waals surface area contributed by atoms with Crippen LogP contribution in [0.2, 0.25) is 10.0 Å². The number of aromatic amines is 2. The molecule has 6 rings (SSSR count). The molecule has 2 aliphatic heterocycles. The highest BCUT2D eigenvalue weighted by Crippen LogP contribution is 2.22. The monoisotopic (exact) mass is 830 g/mol.